The van der Waals surface area contributed by atoms with Gasteiger partial charge in [0.15, 0.2) is 0 Å². The molecule has 0 aliphatic heterocycles. The van der Waals surface area contributed by atoms with Crippen LogP contribution in [-0.4, -0.2) is 22.4 Å². The number of carbonyl (C=O) groups excluding carboxylic acids is 1. The highest BCUT2D eigenvalue weighted by Crippen LogP contribution is 2.07. The number of para-hydroxylation sites is 1. The first-order valence-corrected chi connectivity index (χ1v) is 7.76. The summed E-state index contributed by atoms with van der Waals surface area (Å²) in [5, 5.41) is 6.38. The van der Waals surface area contributed by atoms with Crippen molar-refractivity contribution in [3.63, 3.8) is 0 Å². The maximum atomic E-state index is 11.9. The van der Waals surface area contributed by atoms with E-state index in [-0.39, 0.29) is 11.5 Å². The minimum atomic E-state index is -0.198. The predicted molar refractivity (Wildman–Crippen MR) is 93.8 cm³/mol. The van der Waals surface area contributed by atoms with Gasteiger partial charge in [-0.1, -0.05) is 42.5 Å². The third-order valence-electron chi connectivity index (χ3n) is 3.59. The first-order valence-electron chi connectivity index (χ1n) is 7.76. The van der Waals surface area contributed by atoms with Crippen molar-refractivity contribution in [2.24, 2.45) is 0 Å². The van der Waals surface area contributed by atoms with Crippen LogP contribution in [0.5, 0.6) is 0 Å². The Morgan fingerprint density at radius 2 is 1.79 bits per heavy atom. The van der Waals surface area contributed by atoms with Crippen molar-refractivity contribution >= 4 is 22.8 Å². The number of rotatable bonds is 6. The van der Waals surface area contributed by atoms with E-state index < -0.39 is 0 Å². The summed E-state index contributed by atoms with van der Waals surface area (Å²) < 4.78 is 0. The third kappa shape index (κ3) is 3.98. The normalized spacial score (nSPS) is 10.5. The van der Waals surface area contributed by atoms with Gasteiger partial charge in [-0.3, -0.25) is 14.6 Å². The number of fused-ring (bicyclic) bond motifs is 1. The topological polar surface area (TPSA) is 86.9 Å². The molecule has 0 saturated heterocycles. The van der Waals surface area contributed by atoms with Crippen LogP contribution in [0, 0.1) is 0 Å². The standard InChI is InChI=1S/C18H18N4O2/c23-16(20-12-13-6-2-1-3-7-13)10-11-19-18-21-15-9-5-4-8-14(15)17(24)22-18/h1-9H,10-12H2,(H,20,23)(H2,19,21,22,24). The maximum Gasteiger partial charge on any atom is 0.260 e. The molecular weight excluding hydrogens is 304 g/mol. The van der Waals surface area contributed by atoms with Gasteiger partial charge in [0.2, 0.25) is 11.9 Å². The van der Waals surface area contributed by atoms with E-state index >= 15 is 0 Å². The number of nitrogens with zero attached hydrogens (tertiary/aromatic N) is 1. The molecule has 1 amide bonds. The highest BCUT2D eigenvalue weighted by molar-refractivity contribution is 5.78. The van der Waals surface area contributed by atoms with Gasteiger partial charge in [0.05, 0.1) is 10.9 Å². The van der Waals surface area contributed by atoms with Crippen molar-refractivity contribution in [1.29, 1.82) is 0 Å². The second-order valence-corrected chi connectivity index (χ2v) is 5.37. The minimum Gasteiger partial charge on any atom is -0.355 e. The lowest BCUT2D eigenvalue weighted by Gasteiger charge is -2.07. The molecule has 0 aliphatic rings. The lowest BCUT2D eigenvalue weighted by Crippen LogP contribution is -2.25. The fourth-order valence-corrected chi connectivity index (χ4v) is 2.35. The molecule has 3 aromatic rings. The number of hydrogen-bond acceptors (Lipinski definition) is 4. The second-order valence-electron chi connectivity index (χ2n) is 5.37. The zero-order chi connectivity index (χ0) is 16.8. The van der Waals surface area contributed by atoms with Gasteiger partial charge < -0.3 is 10.6 Å². The van der Waals surface area contributed by atoms with Crippen molar-refractivity contribution in [2.45, 2.75) is 13.0 Å². The SMILES string of the molecule is O=C(CCNc1nc2ccccc2c(=O)[nH]1)NCc1ccccc1. The molecular formula is C18H18N4O2. The molecule has 6 heteroatoms. The van der Waals surface area contributed by atoms with Crippen molar-refractivity contribution in [3.8, 4) is 0 Å². The van der Waals surface area contributed by atoms with Crippen LogP contribution in [0.2, 0.25) is 0 Å². The molecule has 2 aromatic carbocycles. The number of H-pyrrole nitrogens is 1. The van der Waals surface area contributed by atoms with Crippen LogP contribution < -0.4 is 16.2 Å². The molecule has 0 fully saturated rings. The fraction of sp³-hybridized carbons (Fsp3) is 0.167. The van der Waals surface area contributed by atoms with Crippen molar-refractivity contribution < 1.29 is 4.79 Å². The third-order valence-corrected chi connectivity index (χ3v) is 3.59. The van der Waals surface area contributed by atoms with Crippen molar-refractivity contribution in [1.82, 2.24) is 15.3 Å². The van der Waals surface area contributed by atoms with Gasteiger partial charge >= 0.3 is 0 Å². The number of amides is 1. The minimum absolute atomic E-state index is 0.0607. The Morgan fingerprint density at radius 3 is 2.62 bits per heavy atom. The van der Waals surface area contributed by atoms with Gasteiger partial charge in [-0.05, 0) is 17.7 Å². The Balaban J connectivity index is 1.51. The Hall–Kier alpha value is -3.15. The Morgan fingerprint density at radius 1 is 1.04 bits per heavy atom. The van der Waals surface area contributed by atoms with E-state index in [2.05, 4.69) is 20.6 Å². The number of carbonyl (C=O) groups is 1. The van der Waals surface area contributed by atoms with Gasteiger partial charge in [-0.2, -0.15) is 0 Å². The lowest BCUT2D eigenvalue weighted by molar-refractivity contribution is -0.121. The Kier molecular flexibility index (Phi) is 4.86. The molecule has 3 rings (SSSR count). The van der Waals surface area contributed by atoms with Gasteiger partial charge in [0.1, 0.15) is 0 Å². The molecule has 0 radical (unpaired) electrons. The van der Waals surface area contributed by atoms with E-state index in [0.29, 0.717) is 36.4 Å². The molecule has 0 bridgehead atoms. The van der Waals surface area contributed by atoms with Gasteiger partial charge in [-0.15, -0.1) is 0 Å². The monoisotopic (exact) mass is 322 g/mol. The fourth-order valence-electron chi connectivity index (χ4n) is 2.35. The number of aromatic nitrogens is 2. The molecule has 24 heavy (non-hydrogen) atoms. The van der Waals surface area contributed by atoms with Crippen molar-refractivity contribution in [2.75, 3.05) is 11.9 Å². The number of benzene rings is 2. The quantitative estimate of drug-likeness (QED) is 0.648. The van der Waals surface area contributed by atoms with E-state index in [1.54, 1.807) is 18.2 Å². The molecule has 6 nitrogen and oxygen atoms in total. The zero-order valence-electron chi connectivity index (χ0n) is 13.1. The average molecular weight is 322 g/mol. The summed E-state index contributed by atoms with van der Waals surface area (Å²) in [5.74, 6) is 0.309. The summed E-state index contributed by atoms with van der Waals surface area (Å²) in [6.07, 6.45) is 0.295. The molecule has 1 aromatic heterocycles. The summed E-state index contributed by atoms with van der Waals surface area (Å²) >= 11 is 0. The number of nitrogens with one attached hydrogen (secondary N) is 3. The van der Waals surface area contributed by atoms with Crippen LogP contribution in [0.4, 0.5) is 5.95 Å². The first kappa shape index (κ1) is 15.7. The van der Waals surface area contributed by atoms with Gasteiger partial charge in [-0.25, -0.2) is 4.98 Å². The molecule has 0 atom stereocenters. The molecule has 122 valence electrons. The molecule has 3 N–H and O–H groups in total. The van der Waals surface area contributed by atoms with Gasteiger partial charge in [0, 0.05) is 19.5 Å². The second kappa shape index (κ2) is 7.41. The van der Waals surface area contributed by atoms with Crippen LogP contribution in [0.25, 0.3) is 10.9 Å². The largest absolute Gasteiger partial charge is 0.355 e. The number of aromatic amines is 1. The van der Waals surface area contributed by atoms with E-state index in [1.165, 1.54) is 0 Å². The van der Waals surface area contributed by atoms with Crippen LogP contribution >= 0.6 is 0 Å². The molecule has 1 heterocycles. The number of anilines is 1. The highest BCUT2D eigenvalue weighted by Gasteiger charge is 2.04. The number of hydrogen-bond donors (Lipinski definition) is 3. The lowest BCUT2D eigenvalue weighted by atomic mass is 10.2. The summed E-state index contributed by atoms with van der Waals surface area (Å²) in [4.78, 5) is 30.8. The summed E-state index contributed by atoms with van der Waals surface area (Å²) in [6.45, 7) is 0.895. The van der Waals surface area contributed by atoms with E-state index in [4.69, 9.17) is 0 Å². The maximum absolute atomic E-state index is 11.9. The summed E-state index contributed by atoms with van der Waals surface area (Å²) in [5.41, 5.74) is 1.48. The Labute approximate surface area is 138 Å². The van der Waals surface area contributed by atoms with Crippen molar-refractivity contribution in [3.05, 3.63) is 70.5 Å². The summed E-state index contributed by atoms with van der Waals surface area (Å²) in [7, 11) is 0. The average Bonchev–Trinajstić information content (AvgIpc) is 2.61. The van der Waals surface area contributed by atoms with E-state index in [1.807, 2.05) is 36.4 Å². The molecule has 0 saturated carbocycles. The van der Waals surface area contributed by atoms with Crippen LogP contribution in [0.15, 0.2) is 59.4 Å². The first-order chi connectivity index (χ1) is 11.7. The molecule has 0 aliphatic carbocycles. The molecule has 0 unspecified atom stereocenters. The van der Waals surface area contributed by atoms with Crippen LogP contribution in [-0.2, 0) is 11.3 Å². The van der Waals surface area contributed by atoms with Gasteiger partial charge in [0.25, 0.3) is 5.56 Å². The highest BCUT2D eigenvalue weighted by atomic mass is 16.1. The van der Waals surface area contributed by atoms with E-state index in [9.17, 15) is 9.59 Å². The molecule has 0 spiro atoms. The zero-order valence-corrected chi connectivity index (χ0v) is 13.1. The van der Waals surface area contributed by atoms with Crippen LogP contribution in [0.3, 0.4) is 0 Å². The predicted octanol–water partition coefficient (Wildman–Crippen LogP) is 2.04. The Bertz CT molecular complexity index is 890. The van der Waals surface area contributed by atoms with E-state index in [0.717, 1.165) is 5.56 Å². The smallest absolute Gasteiger partial charge is 0.260 e. The summed E-state index contributed by atoms with van der Waals surface area (Å²) in [6, 6.07) is 16.9. The van der Waals surface area contributed by atoms with Crippen LogP contribution in [0.1, 0.15) is 12.0 Å².